The van der Waals surface area contributed by atoms with Gasteiger partial charge in [-0.2, -0.15) is 26.3 Å². The molecule has 0 spiro atoms. The first-order valence-corrected chi connectivity index (χ1v) is 9.00. The SMILES string of the molecule is CCOC(=O)[C@](NC(=O)c1ccccc1)(Nc1cc(C(F)(F)F)ccc1OC)C(F)(F)F. The molecule has 1 amide bonds. The summed E-state index contributed by atoms with van der Waals surface area (Å²) in [5, 5.41) is 3.24. The molecular formula is C20H18F6N2O4. The van der Waals surface area contributed by atoms with Gasteiger partial charge in [0.25, 0.3) is 5.91 Å². The monoisotopic (exact) mass is 464 g/mol. The fourth-order valence-electron chi connectivity index (χ4n) is 2.65. The highest BCUT2D eigenvalue weighted by Crippen LogP contribution is 2.39. The molecule has 0 aliphatic heterocycles. The van der Waals surface area contributed by atoms with E-state index in [9.17, 15) is 35.9 Å². The Bertz CT molecular complexity index is 963. The number of ether oxygens (including phenoxy) is 2. The third-order valence-corrected chi connectivity index (χ3v) is 4.19. The van der Waals surface area contributed by atoms with E-state index < -0.39 is 53.5 Å². The van der Waals surface area contributed by atoms with Crippen molar-refractivity contribution < 1.29 is 45.4 Å². The largest absolute Gasteiger partial charge is 0.495 e. The Kier molecular flexibility index (Phi) is 7.27. The Morgan fingerprint density at radius 2 is 1.59 bits per heavy atom. The van der Waals surface area contributed by atoms with Crippen LogP contribution in [0.3, 0.4) is 0 Å². The van der Waals surface area contributed by atoms with E-state index in [4.69, 9.17) is 4.74 Å². The van der Waals surface area contributed by atoms with Crippen LogP contribution in [0.15, 0.2) is 48.5 Å². The summed E-state index contributed by atoms with van der Waals surface area (Å²) in [6, 6.07) is 8.31. The average molecular weight is 464 g/mol. The summed E-state index contributed by atoms with van der Waals surface area (Å²) in [6.07, 6.45) is -10.4. The molecule has 0 aliphatic carbocycles. The molecule has 2 aromatic carbocycles. The molecule has 174 valence electrons. The minimum Gasteiger partial charge on any atom is -0.495 e. The number of rotatable bonds is 7. The average Bonchev–Trinajstić information content (AvgIpc) is 2.72. The first-order valence-electron chi connectivity index (χ1n) is 9.00. The maximum atomic E-state index is 14.2. The van der Waals surface area contributed by atoms with Gasteiger partial charge in [-0.25, -0.2) is 4.79 Å². The molecule has 6 nitrogen and oxygen atoms in total. The number of amides is 1. The zero-order valence-corrected chi connectivity index (χ0v) is 16.7. The number of benzene rings is 2. The number of carbonyl (C=O) groups is 2. The third-order valence-electron chi connectivity index (χ3n) is 4.19. The molecule has 0 saturated heterocycles. The number of nitrogens with one attached hydrogen (secondary N) is 2. The molecule has 12 heteroatoms. The van der Waals surface area contributed by atoms with Crippen LogP contribution in [0.2, 0.25) is 0 Å². The van der Waals surface area contributed by atoms with Crippen molar-refractivity contribution in [1.29, 1.82) is 0 Å². The van der Waals surface area contributed by atoms with Crippen molar-refractivity contribution in [3.63, 3.8) is 0 Å². The van der Waals surface area contributed by atoms with Crippen LogP contribution in [-0.2, 0) is 15.7 Å². The Hall–Kier alpha value is -3.44. The normalized spacial score (nSPS) is 13.6. The van der Waals surface area contributed by atoms with Gasteiger partial charge in [-0.15, -0.1) is 0 Å². The predicted octanol–water partition coefficient (Wildman–Crippen LogP) is 4.38. The fourth-order valence-corrected chi connectivity index (χ4v) is 2.65. The third kappa shape index (κ3) is 5.24. The highest BCUT2D eigenvalue weighted by Gasteiger charge is 2.64. The van der Waals surface area contributed by atoms with Crippen LogP contribution in [0.5, 0.6) is 5.75 Å². The lowest BCUT2D eigenvalue weighted by Gasteiger charge is -2.35. The summed E-state index contributed by atoms with van der Waals surface area (Å²) < 4.78 is 91.5. The van der Waals surface area contributed by atoms with Crippen molar-refractivity contribution in [2.45, 2.75) is 24.9 Å². The number of esters is 1. The summed E-state index contributed by atoms with van der Waals surface area (Å²) in [5.41, 5.74) is -6.31. The van der Waals surface area contributed by atoms with Crippen LogP contribution in [0.1, 0.15) is 22.8 Å². The predicted molar refractivity (Wildman–Crippen MR) is 101 cm³/mol. The smallest absolute Gasteiger partial charge is 0.441 e. The van der Waals surface area contributed by atoms with Crippen molar-refractivity contribution in [3.8, 4) is 5.75 Å². The maximum absolute atomic E-state index is 14.2. The molecule has 0 aromatic heterocycles. The van der Waals surface area contributed by atoms with Gasteiger partial charge < -0.3 is 20.1 Å². The number of anilines is 1. The van der Waals surface area contributed by atoms with Crippen LogP contribution >= 0.6 is 0 Å². The van der Waals surface area contributed by atoms with Crippen molar-refractivity contribution in [2.75, 3.05) is 19.0 Å². The Labute approximate surface area is 178 Å². The van der Waals surface area contributed by atoms with Crippen molar-refractivity contribution >= 4 is 17.6 Å². The van der Waals surface area contributed by atoms with Crippen LogP contribution in [-0.4, -0.2) is 37.4 Å². The summed E-state index contributed by atoms with van der Waals surface area (Å²) in [4.78, 5) is 25.0. The van der Waals surface area contributed by atoms with Gasteiger partial charge in [0, 0.05) is 5.56 Å². The maximum Gasteiger partial charge on any atom is 0.441 e. The second kappa shape index (κ2) is 9.37. The van der Waals surface area contributed by atoms with E-state index in [-0.39, 0.29) is 5.56 Å². The van der Waals surface area contributed by atoms with Gasteiger partial charge in [0.15, 0.2) is 0 Å². The van der Waals surface area contributed by atoms with E-state index in [1.165, 1.54) is 37.3 Å². The summed E-state index contributed by atoms with van der Waals surface area (Å²) in [6.45, 7) is 0.724. The highest BCUT2D eigenvalue weighted by molar-refractivity contribution is 5.99. The van der Waals surface area contributed by atoms with Gasteiger partial charge in [0.05, 0.1) is 25.0 Å². The summed E-state index contributed by atoms with van der Waals surface area (Å²) in [5.74, 6) is -3.74. The molecule has 0 saturated carbocycles. The van der Waals surface area contributed by atoms with E-state index >= 15 is 0 Å². The van der Waals surface area contributed by atoms with Gasteiger partial charge in [-0.05, 0) is 37.3 Å². The van der Waals surface area contributed by atoms with Gasteiger partial charge in [0.1, 0.15) is 5.75 Å². The first-order chi connectivity index (χ1) is 14.9. The molecule has 0 fully saturated rings. The van der Waals surface area contributed by atoms with Gasteiger partial charge in [0.2, 0.25) is 0 Å². The molecule has 0 bridgehead atoms. The Morgan fingerprint density at radius 1 is 0.969 bits per heavy atom. The van der Waals surface area contributed by atoms with E-state index in [1.54, 1.807) is 10.6 Å². The Morgan fingerprint density at radius 3 is 2.09 bits per heavy atom. The molecule has 2 N–H and O–H groups in total. The van der Waals surface area contributed by atoms with Crippen molar-refractivity contribution in [3.05, 3.63) is 59.7 Å². The van der Waals surface area contributed by atoms with Gasteiger partial charge in [-0.3, -0.25) is 4.79 Å². The lowest BCUT2D eigenvalue weighted by atomic mass is 10.1. The molecule has 2 aromatic rings. The minimum absolute atomic E-state index is 0.233. The van der Waals surface area contributed by atoms with Crippen LogP contribution in [0.4, 0.5) is 32.0 Å². The van der Waals surface area contributed by atoms with Crippen LogP contribution in [0, 0.1) is 0 Å². The zero-order chi connectivity index (χ0) is 24.2. The second-order valence-corrected chi connectivity index (χ2v) is 6.33. The van der Waals surface area contributed by atoms with Crippen LogP contribution in [0.25, 0.3) is 0 Å². The highest BCUT2D eigenvalue weighted by atomic mass is 19.4. The van der Waals surface area contributed by atoms with E-state index in [1.807, 2.05) is 0 Å². The van der Waals surface area contributed by atoms with Crippen LogP contribution < -0.4 is 15.4 Å². The molecule has 1 atom stereocenters. The van der Waals surface area contributed by atoms with Crippen molar-refractivity contribution in [2.24, 2.45) is 0 Å². The minimum atomic E-state index is -5.54. The van der Waals surface area contributed by atoms with E-state index in [0.29, 0.717) is 12.1 Å². The Balaban J connectivity index is 2.65. The summed E-state index contributed by atoms with van der Waals surface area (Å²) in [7, 11) is 1.01. The quantitative estimate of drug-likeness (QED) is 0.362. The topological polar surface area (TPSA) is 76.7 Å². The van der Waals surface area contributed by atoms with Crippen molar-refractivity contribution in [1.82, 2.24) is 5.32 Å². The number of methoxy groups -OCH3 is 1. The number of carbonyl (C=O) groups excluding carboxylic acids is 2. The molecular weight excluding hydrogens is 446 g/mol. The van der Waals surface area contributed by atoms with E-state index in [0.717, 1.165) is 13.2 Å². The first kappa shape index (κ1) is 24.8. The number of halogens is 6. The summed E-state index contributed by atoms with van der Waals surface area (Å²) >= 11 is 0. The molecule has 0 radical (unpaired) electrons. The number of hydrogen-bond acceptors (Lipinski definition) is 5. The van der Waals surface area contributed by atoms with E-state index in [2.05, 4.69) is 4.74 Å². The fraction of sp³-hybridized carbons (Fsp3) is 0.300. The molecule has 0 heterocycles. The molecule has 32 heavy (non-hydrogen) atoms. The number of alkyl halides is 6. The molecule has 2 rings (SSSR count). The lowest BCUT2D eigenvalue weighted by Crippen LogP contribution is -2.69. The van der Waals surface area contributed by atoms with Gasteiger partial charge in [-0.1, -0.05) is 18.2 Å². The molecule has 0 unspecified atom stereocenters. The number of hydrogen-bond donors (Lipinski definition) is 2. The van der Waals surface area contributed by atoms with Gasteiger partial charge >= 0.3 is 24.0 Å². The standard InChI is InChI=1S/C20H18F6N2O4/c1-3-32-17(30)18(20(24,25)26,28-16(29)12-7-5-4-6-8-12)27-14-11-13(19(21,22)23)9-10-15(14)31-2/h4-11,27H,3H2,1-2H3,(H,28,29)/t18-/m1/s1. The molecule has 0 aliphatic rings. The zero-order valence-electron chi connectivity index (χ0n) is 16.7. The second-order valence-electron chi connectivity index (χ2n) is 6.33. The lowest BCUT2D eigenvalue weighted by molar-refractivity contribution is -0.204.